The molecule has 0 spiro atoms. The van der Waals surface area contributed by atoms with E-state index in [1.807, 2.05) is 0 Å². The van der Waals surface area contributed by atoms with Crippen molar-refractivity contribution in [2.75, 3.05) is 13.2 Å². The van der Waals surface area contributed by atoms with Gasteiger partial charge in [-0.2, -0.15) is 0 Å². The third-order valence-corrected chi connectivity index (χ3v) is 3.59. The van der Waals surface area contributed by atoms with Crippen LogP contribution in [0, 0.1) is 5.92 Å². The van der Waals surface area contributed by atoms with Crippen molar-refractivity contribution in [3.05, 3.63) is 29.3 Å². The van der Waals surface area contributed by atoms with Gasteiger partial charge >= 0.3 is 0 Å². The second kappa shape index (κ2) is 5.96. The Hall–Kier alpha value is -1.02. The predicted molar refractivity (Wildman–Crippen MR) is 80.9 cm³/mol. The van der Waals surface area contributed by atoms with Gasteiger partial charge in [0.15, 0.2) is 0 Å². The van der Waals surface area contributed by atoms with Gasteiger partial charge in [-0.05, 0) is 63.3 Å². The van der Waals surface area contributed by atoms with E-state index in [0.29, 0.717) is 5.92 Å². The van der Waals surface area contributed by atoms with Crippen molar-refractivity contribution in [3.63, 3.8) is 0 Å². The van der Waals surface area contributed by atoms with E-state index in [0.717, 1.165) is 18.9 Å². The van der Waals surface area contributed by atoms with Gasteiger partial charge in [-0.25, -0.2) is 0 Å². The summed E-state index contributed by atoms with van der Waals surface area (Å²) in [6.45, 7) is 10.6. The Morgan fingerprint density at radius 2 is 1.95 bits per heavy atom. The number of aryl methyl sites for hydroxylation is 2. The van der Waals surface area contributed by atoms with Crippen LogP contribution in [0.3, 0.4) is 0 Å². The number of hydrogen-bond donors (Lipinski definition) is 1. The monoisotopic (exact) mass is 261 g/mol. The smallest absolute Gasteiger partial charge is 0.119 e. The number of rotatable bonds is 5. The maximum atomic E-state index is 5.92. The quantitative estimate of drug-likeness (QED) is 0.874. The summed E-state index contributed by atoms with van der Waals surface area (Å²) < 4.78 is 5.92. The third kappa shape index (κ3) is 4.54. The maximum Gasteiger partial charge on any atom is 0.119 e. The number of hydrogen-bond acceptors (Lipinski definition) is 2. The van der Waals surface area contributed by atoms with E-state index in [1.54, 1.807) is 0 Å². The van der Waals surface area contributed by atoms with Gasteiger partial charge < -0.3 is 10.1 Å². The Bertz CT molecular complexity index is 420. The van der Waals surface area contributed by atoms with Gasteiger partial charge in [0, 0.05) is 18.0 Å². The molecule has 0 radical (unpaired) electrons. The molecule has 2 heteroatoms. The number of benzene rings is 1. The lowest BCUT2D eigenvalue weighted by molar-refractivity contribution is 0.244. The van der Waals surface area contributed by atoms with Crippen LogP contribution in [0.25, 0.3) is 0 Å². The second-order valence-electron chi connectivity index (χ2n) is 6.83. The Labute approximate surface area is 117 Å². The zero-order valence-electron chi connectivity index (χ0n) is 12.8. The molecule has 1 aliphatic carbocycles. The molecule has 0 aliphatic heterocycles. The first-order chi connectivity index (χ1) is 8.94. The molecule has 1 atom stereocenters. The lowest BCUT2D eigenvalue weighted by Gasteiger charge is -2.23. The van der Waals surface area contributed by atoms with Gasteiger partial charge in [-0.3, -0.25) is 0 Å². The van der Waals surface area contributed by atoms with Gasteiger partial charge in [0.05, 0.1) is 6.61 Å². The van der Waals surface area contributed by atoms with E-state index >= 15 is 0 Å². The summed E-state index contributed by atoms with van der Waals surface area (Å²) in [5.74, 6) is 1.55. The third-order valence-electron chi connectivity index (χ3n) is 3.59. The lowest BCUT2D eigenvalue weighted by Crippen LogP contribution is -2.39. The molecule has 106 valence electrons. The molecule has 1 aromatic rings. The van der Waals surface area contributed by atoms with E-state index < -0.39 is 0 Å². The highest BCUT2D eigenvalue weighted by atomic mass is 16.5. The fraction of sp³-hybridized carbons (Fsp3) is 0.647. The van der Waals surface area contributed by atoms with Crippen molar-refractivity contribution >= 4 is 0 Å². The van der Waals surface area contributed by atoms with Crippen LogP contribution in [0.4, 0.5) is 0 Å². The highest BCUT2D eigenvalue weighted by molar-refractivity contribution is 5.38. The zero-order chi connectivity index (χ0) is 13.9. The molecule has 1 N–H and O–H groups in total. The first kappa shape index (κ1) is 14.4. The molecule has 1 aromatic carbocycles. The summed E-state index contributed by atoms with van der Waals surface area (Å²) in [5.41, 5.74) is 3.18. The molecule has 0 saturated carbocycles. The molecule has 0 heterocycles. The van der Waals surface area contributed by atoms with Crippen molar-refractivity contribution < 1.29 is 4.74 Å². The minimum Gasteiger partial charge on any atom is -0.493 e. The molecule has 0 amide bonds. The Morgan fingerprint density at radius 3 is 2.68 bits per heavy atom. The number of fused-ring (bicyclic) bond motifs is 1. The summed E-state index contributed by atoms with van der Waals surface area (Å²) in [6.07, 6.45) is 3.75. The average molecular weight is 261 g/mol. The van der Waals surface area contributed by atoms with Crippen molar-refractivity contribution in [2.24, 2.45) is 5.92 Å². The van der Waals surface area contributed by atoms with Gasteiger partial charge in [-0.1, -0.05) is 13.0 Å². The Morgan fingerprint density at radius 1 is 1.21 bits per heavy atom. The predicted octanol–water partition coefficient (Wildman–Crippen LogP) is 3.58. The van der Waals surface area contributed by atoms with Gasteiger partial charge in [-0.15, -0.1) is 0 Å². The summed E-state index contributed by atoms with van der Waals surface area (Å²) in [5, 5.41) is 3.52. The standard InChI is InChI=1S/C17H27NO/c1-13(11-18-17(2,3)4)12-19-16-9-8-14-6-5-7-15(14)10-16/h8-10,13,18H,5-7,11-12H2,1-4H3. The minimum atomic E-state index is 0.182. The van der Waals surface area contributed by atoms with Crippen LogP contribution < -0.4 is 10.1 Å². The molecule has 0 saturated heterocycles. The molecule has 1 aliphatic rings. The molecule has 0 bridgehead atoms. The summed E-state index contributed by atoms with van der Waals surface area (Å²) in [4.78, 5) is 0. The largest absolute Gasteiger partial charge is 0.493 e. The number of nitrogens with one attached hydrogen (secondary N) is 1. The molecule has 2 nitrogen and oxygen atoms in total. The first-order valence-electron chi connectivity index (χ1n) is 7.44. The van der Waals surface area contributed by atoms with Crippen LogP contribution in [0.15, 0.2) is 18.2 Å². The second-order valence-corrected chi connectivity index (χ2v) is 6.83. The first-order valence-corrected chi connectivity index (χ1v) is 7.44. The van der Waals surface area contributed by atoms with E-state index in [9.17, 15) is 0 Å². The SMILES string of the molecule is CC(CNC(C)(C)C)COc1ccc2c(c1)CCC2. The highest BCUT2D eigenvalue weighted by Gasteiger charge is 2.13. The molecular formula is C17H27NO. The summed E-state index contributed by atoms with van der Waals surface area (Å²) >= 11 is 0. The average Bonchev–Trinajstić information content (AvgIpc) is 2.80. The molecule has 0 aromatic heterocycles. The van der Waals surface area contributed by atoms with E-state index in [1.165, 1.54) is 30.4 Å². The zero-order valence-corrected chi connectivity index (χ0v) is 12.8. The normalized spacial score (nSPS) is 16.2. The molecule has 19 heavy (non-hydrogen) atoms. The van der Waals surface area contributed by atoms with Crippen LogP contribution in [-0.2, 0) is 12.8 Å². The van der Waals surface area contributed by atoms with E-state index in [-0.39, 0.29) is 5.54 Å². The lowest BCUT2D eigenvalue weighted by atomic mass is 10.1. The van der Waals surface area contributed by atoms with Crippen molar-refractivity contribution in [3.8, 4) is 5.75 Å². The van der Waals surface area contributed by atoms with Crippen LogP contribution >= 0.6 is 0 Å². The van der Waals surface area contributed by atoms with Crippen LogP contribution in [-0.4, -0.2) is 18.7 Å². The van der Waals surface area contributed by atoms with Crippen molar-refractivity contribution in [2.45, 2.75) is 52.5 Å². The minimum absolute atomic E-state index is 0.182. The Kier molecular flexibility index (Phi) is 4.51. The van der Waals surface area contributed by atoms with Crippen LogP contribution in [0.2, 0.25) is 0 Å². The Balaban J connectivity index is 1.79. The van der Waals surface area contributed by atoms with Crippen molar-refractivity contribution in [1.82, 2.24) is 5.32 Å². The molecule has 0 fully saturated rings. The van der Waals surface area contributed by atoms with Crippen LogP contribution in [0.5, 0.6) is 5.75 Å². The van der Waals surface area contributed by atoms with E-state index in [2.05, 4.69) is 51.2 Å². The molecular weight excluding hydrogens is 234 g/mol. The topological polar surface area (TPSA) is 21.3 Å². The number of ether oxygens (including phenoxy) is 1. The van der Waals surface area contributed by atoms with Crippen LogP contribution in [0.1, 0.15) is 45.2 Å². The maximum absolute atomic E-state index is 5.92. The fourth-order valence-corrected chi connectivity index (χ4v) is 2.42. The molecule has 2 rings (SSSR count). The summed E-state index contributed by atoms with van der Waals surface area (Å²) in [7, 11) is 0. The molecule has 1 unspecified atom stereocenters. The van der Waals surface area contributed by atoms with E-state index in [4.69, 9.17) is 4.74 Å². The van der Waals surface area contributed by atoms with Gasteiger partial charge in [0.2, 0.25) is 0 Å². The van der Waals surface area contributed by atoms with Gasteiger partial charge in [0.1, 0.15) is 5.75 Å². The van der Waals surface area contributed by atoms with Gasteiger partial charge in [0.25, 0.3) is 0 Å². The summed E-state index contributed by atoms with van der Waals surface area (Å²) in [6, 6.07) is 6.58. The fourth-order valence-electron chi connectivity index (χ4n) is 2.42. The highest BCUT2D eigenvalue weighted by Crippen LogP contribution is 2.26. The van der Waals surface area contributed by atoms with Crippen molar-refractivity contribution in [1.29, 1.82) is 0 Å².